The van der Waals surface area contributed by atoms with Crippen molar-refractivity contribution in [3.63, 3.8) is 0 Å². The van der Waals surface area contributed by atoms with Crippen molar-refractivity contribution in [3.05, 3.63) is 33.8 Å². The van der Waals surface area contributed by atoms with Crippen molar-refractivity contribution in [2.24, 2.45) is 4.99 Å². The summed E-state index contributed by atoms with van der Waals surface area (Å²) >= 11 is 14.3. The Bertz CT molecular complexity index is 653. The Balaban J connectivity index is 0.00000280. The maximum absolute atomic E-state index is 6.28. The first-order valence-corrected chi connectivity index (χ1v) is 11.4. The highest BCUT2D eigenvalue weighted by atomic mass is 127. The Morgan fingerprint density at radius 1 is 1.29 bits per heavy atom. The molecular weight excluding hydrogens is 530 g/mol. The molecule has 3 rings (SSSR count). The van der Waals surface area contributed by atoms with Crippen molar-refractivity contribution in [2.45, 2.75) is 25.4 Å². The van der Waals surface area contributed by atoms with Crippen LogP contribution in [-0.2, 0) is 11.3 Å². The van der Waals surface area contributed by atoms with Crippen molar-refractivity contribution in [1.29, 1.82) is 0 Å². The minimum atomic E-state index is 0. The highest BCUT2D eigenvalue weighted by molar-refractivity contribution is 14.0. The van der Waals surface area contributed by atoms with Gasteiger partial charge in [0.15, 0.2) is 5.96 Å². The van der Waals surface area contributed by atoms with Crippen molar-refractivity contribution >= 4 is 64.9 Å². The zero-order chi connectivity index (χ0) is 19.1. The number of morpholine rings is 1. The monoisotopic (exact) mass is 558 g/mol. The van der Waals surface area contributed by atoms with Gasteiger partial charge in [-0.25, -0.2) is 4.99 Å². The summed E-state index contributed by atoms with van der Waals surface area (Å²) in [6.07, 6.45) is 1.20. The number of thioether (sulfide) groups is 1. The lowest BCUT2D eigenvalue weighted by Crippen LogP contribution is -2.60. The zero-order valence-corrected chi connectivity index (χ0v) is 20.8. The molecule has 2 heterocycles. The minimum Gasteiger partial charge on any atom is -0.379 e. The molecule has 0 bridgehead atoms. The molecule has 2 N–H and O–H groups in total. The van der Waals surface area contributed by atoms with E-state index in [4.69, 9.17) is 32.9 Å². The molecular formula is C19H29Cl2IN4OS. The Hall–Kier alpha value is 0.0700. The van der Waals surface area contributed by atoms with Crippen LogP contribution in [0.3, 0.4) is 0 Å². The van der Waals surface area contributed by atoms with Crippen LogP contribution in [0.1, 0.15) is 18.9 Å². The van der Waals surface area contributed by atoms with Crippen LogP contribution < -0.4 is 10.6 Å². The number of hydrogen-bond acceptors (Lipinski definition) is 4. The molecule has 0 amide bonds. The Morgan fingerprint density at radius 3 is 2.71 bits per heavy atom. The van der Waals surface area contributed by atoms with Crippen LogP contribution in [-0.4, -0.2) is 67.3 Å². The molecule has 158 valence electrons. The van der Waals surface area contributed by atoms with Crippen LogP contribution in [0.5, 0.6) is 0 Å². The average Bonchev–Trinajstić information content (AvgIpc) is 3.16. The Labute approximate surface area is 199 Å². The molecule has 28 heavy (non-hydrogen) atoms. The summed E-state index contributed by atoms with van der Waals surface area (Å²) in [5.41, 5.74) is 1.15. The summed E-state index contributed by atoms with van der Waals surface area (Å²) in [5.74, 6) is 3.20. The molecule has 2 aliphatic heterocycles. The smallest absolute Gasteiger partial charge is 0.191 e. The summed E-state index contributed by atoms with van der Waals surface area (Å²) in [4.78, 5) is 7.33. The van der Waals surface area contributed by atoms with Gasteiger partial charge in [0.1, 0.15) is 0 Å². The van der Waals surface area contributed by atoms with Crippen LogP contribution in [0.2, 0.25) is 10.0 Å². The van der Waals surface area contributed by atoms with Gasteiger partial charge in [0.05, 0.1) is 19.8 Å². The third-order valence-corrected chi connectivity index (χ3v) is 6.94. The second kappa shape index (κ2) is 12.1. The normalized spacial score (nSPS) is 23.3. The number of guanidine groups is 1. The van der Waals surface area contributed by atoms with Gasteiger partial charge in [0.2, 0.25) is 0 Å². The van der Waals surface area contributed by atoms with Crippen molar-refractivity contribution in [2.75, 3.05) is 50.9 Å². The first-order chi connectivity index (χ1) is 13.1. The van der Waals surface area contributed by atoms with Crippen LogP contribution in [0.25, 0.3) is 0 Å². The van der Waals surface area contributed by atoms with E-state index in [2.05, 4.69) is 22.5 Å². The fraction of sp³-hybridized carbons (Fsp3) is 0.632. The Kier molecular flexibility index (Phi) is 10.5. The van der Waals surface area contributed by atoms with Crippen LogP contribution >= 0.6 is 58.9 Å². The lowest BCUT2D eigenvalue weighted by Gasteiger charge is -2.43. The molecule has 1 aromatic rings. The first-order valence-electron chi connectivity index (χ1n) is 9.50. The number of aliphatic imine (C=N–C) groups is 1. The molecule has 1 unspecified atom stereocenters. The fourth-order valence-corrected chi connectivity index (χ4v) is 5.48. The van der Waals surface area contributed by atoms with E-state index in [9.17, 15) is 0 Å². The van der Waals surface area contributed by atoms with Crippen LogP contribution in [0.15, 0.2) is 23.2 Å². The third kappa shape index (κ3) is 6.54. The average molecular weight is 559 g/mol. The first kappa shape index (κ1) is 24.3. The van der Waals surface area contributed by atoms with Crippen LogP contribution in [0, 0.1) is 0 Å². The van der Waals surface area contributed by atoms with Gasteiger partial charge in [-0.15, -0.1) is 24.0 Å². The molecule has 0 aromatic heterocycles. The zero-order valence-electron chi connectivity index (χ0n) is 16.2. The van der Waals surface area contributed by atoms with Gasteiger partial charge in [-0.3, -0.25) is 4.90 Å². The number of halogens is 3. The van der Waals surface area contributed by atoms with E-state index in [1.165, 1.54) is 12.2 Å². The van der Waals surface area contributed by atoms with Crippen molar-refractivity contribution < 1.29 is 4.74 Å². The van der Waals surface area contributed by atoms with Crippen molar-refractivity contribution in [1.82, 2.24) is 15.5 Å². The number of rotatable bonds is 6. The largest absolute Gasteiger partial charge is 0.379 e. The standard InChI is InChI=1S/C19H28Cl2N4OS.HI/c1-2-22-18(23-12-15-3-4-16(20)11-17(15)21)24-13-19(5-10-27-14-19)25-6-8-26-9-7-25;/h3-4,11H,2,5-10,12-14H2,1H3,(H2,22,23,24);1H. The number of nitrogens with zero attached hydrogens (tertiary/aromatic N) is 2. The van der Waals surface area contributed by atoms with E-state index in [0.717, 1.165) is 56.7 Å². The third-order valence-electron chi connectivity index (χ3n) is 5.12. The number of benzene rings is 1. The molecule has 1 aromatic carbocycles. The molecule has 1 atom stereocenters. The van der Waals surface area contributed by atoms with Crippen molar-refractivity contribution in [3.8, 4) is 0 Å². The molecule has 0 spiro atoms. The van der Waals surface area contributed by atoms with Gasteiger partial charge in [0, 0.05) is 47.5 Å². The molecule has 9 heteroatoms. The summed E-state index contributed by atoms with van der Waals surface area (Å²) < 4.78 is 5.55. The van der Waals surface area contributed by atoms with E-state index in [-0.39, 0.29) is 29.5 Å². The SMILES string of the molecule is CCNC(=NCc1ccc(Cl)cc1Cl)NCC1(N2CCOCC2)CCSC1.I. The van der Waals surface area contributed by atoms with E-state index in [1.54, 1.807) is 6.07 Å². The summed E-state index contributed by atoms with van der Waals surface area (Å²) in [6, 6.07) is 5.54. The van der Waals surface area contributed by atoms with Gasteiger partial charge in [-0.1, -0.05) is 29.3 Å². The molecule has 0 aliphatic carbocycles. The lowest BCUT2D eigenvalue weighted by atomic mass is 9.95. The summed E-state index contributed by atoms with van der Waals surface area (Å²) in [7, 11) is 0. The molecule has 2 aliphatic rings. The van der Waals surface area contributed by atoms with Gasteiger partial charge in [-0.05, 0) is 36.8 Å². The summed E-state index contributed by atoms with van der Waals surface area (Å²) in [5, 5.41) is 8.22. The van der Waals surface area contributed by atoms with E-state index in [1.807, 2.05) is 23.9 Å². The maximum atomic E-state index is 6.28. The minimum absolute atomic E-state index is 0. The molecule has 2 fully saturated rings. The number of nitrogens with one attached hydrogen (secondary N) is 2. The fourth-order valence-electron chi connectivity index (χ4n) is 3.54. The topological polar surface area (TPSA) is 48.9 Å². The number of ether oxygens (including phenoxy) is 1. The van der Waals surface area contributed by atoms with Gasteiger partial charge < -0.3 is 15.4 Å². The van der Waals surface area contributed by atoms with Crippen LogP contribution in [0.4, 0.5) is 0 Å². The summed E-state index contributed by atoms with van der Waals surface area (Å²) in [6.45, 7) is 7.98. The maximum Gasteiger partial charge on any atom is 0.191 e. The highest BCUT2D eigenvalue weighted by Crippen LogP contribution is 2.33. The Morgan fingerprint density at radius 2 is 2.07 bits per heavy atom. The van der Waals surface area contributed by atoms with Gasteiger partial charge >= 0.3 is 0 Å². The van der Waals surface area contributed by atoms with E-state index in [0.29, 0.717) is 16.6 Å². The molecule has 0 radical (unpaired) electrons. The molecule has 5 nitrogen and oxygen atoms in total. The predicted molar refractivity (Wildman–Crippen MR) is 132 cm³/mol. The lowest BCUT2D eigenvalue weighted by molar-refractivity contribution is -0.0120. The highest BCUT2D eigenvalue weighted by Gasteiger charge is 2.40. The van der Waals surface area contributed by atoms with E-state index >= 15 is 0 Å². The second-order valence-corrected chi connectivity index (χ2v) is 8.86. The predicted octanol–water partition coefficient (Wildman–Crippen LogP) is 3.87. The quantitative estimate of drug-likeness (QED) is 0.315. The second-order valence-electron chi connectivity index (χ2n) is 6.91. The van der Waals surface area contributed by atoms with E-state index < -0.39 is 0 Å². The molecule has 0 saturated carbocycles. The van der Waals surface area contributed by atoms with Gasteiger partial charge in [0.25, 0.3) is 0 Å². The number of hydrogen-bond donors (Lipinski definition) is 2. The molecule has 2 saturated heterocycles. The van der Waals surface area contributed by atoms with Gasteiger partial charge in [-0.2, -0.15) is 11.8 Å².